The molecule has 11 heteroatoms. The maximum Gasteiger partial charge on any atom is 0.244 e. The lowest BCUT2D eigenvalue weighted by molar-refractivity contribution is -0.139. The molecule has 0 fully saturated rings. The lowest BCUT2D eigenvalue weighted by atomic mass is 10.1. The Labute approximate surface area is 204 Å². The van der Waals surface area contributed by atoms with E-state index in [-0.39, 0.29) is 31.0 Å². The lowest BCUT2D eigenvalue weighted by Gasteiger charge is -2.32. The van der Waals surface area contributed by atoms with Crippen molar-refractivity contribution < 1.29 is 27.5 Å². The number of carbonyl (C=O) groups excluding carboxylic acids is 2. The molecule has 1 heterocycles. The molecular weight excluding hydrogens is 482 g/mol. The third-order valence-electron chi connectivity index (χ3n) is 5.16. The first-order valence-corrected chi connectivity index (χ1v) is 12.9. The number of ether oxygens (including phenoxy) is 2. The summed E-state index contributed by atoms with van der Waals surface area (Å²) in [6.07, 6.45) is 1.01. The van der Waals surface area contributed by atoms with E-state index in [9.17, 15) is 18.0 Å². The molecule has 1 aliphatic heterocycles. The molecule has 184 valence electrons. The normalized spacial score (nSPS) is 13.5. The van der Waals surface area contributed by atoms with E-state index in [0.717, 1.165) is 10.6 Å². The number of amides is 2. The molecule has 1 N–H and O–H groups in total. The van der Waals surface area contributed by atoms with Crippen molar-refractivity contribution in [2.45, 2.75) is 39.4 Å². The highest BCUT2D eigenvalue weighted by Crippen LogP contribution is 2.36. The van der Waals surface area contributed by atoms with Crippen molar-refractivity contribution in [1.82, 2.24) is 10.2 Å². The minimum Gasteiger partial charge on any atom is -0.454 e. The van der Waals surface area contributed by atoms with E-state index in [0.29, 0.717) is 22.1 Å². The van der Waals surface area contributed by atoms with Gasteiger partial charge in [0.25, 0.3) is 0 Å². The number of benzene rings is 2. The fraction of sp³-hybridized carbons (Fsp3) is 0.391. The molecule has 2 aromatic carbocycles. The average Bonchev–Trinajstić information content (AvgIpc) is 3.21. The molecule has 0 saturated carbocycles. The van der Waals surface area contributed by atoms with Gasteiger partial charge in [-0.2, -0.15) is 0 Å². The Balaban J connectivity index is 1.91. The van der Waals surface area contributed by atoms with Crippen molar-refractivity contribution in [3.05, 3.63) is 53.1 Å². The summed E-state index contributed by atoms with van der Waals surface area (Å²) in [5.41, 5.74) is 0.959. The zero-order valence-corrected chi connectivity index (χ0v) is 21.0. The van der Waals surface area contributed by atoms with Crippen LogP contribution in [0.15, 0.2) is 42.5 Å². The Hall–Kier alpha value is -2.98. The number of halogens is 1. The fourth-order valence-corrected chi connectivity index (χ4v) is 4.53. The monoisotopic (exact) mass is 509 g/mol. The van der Waals surface area contributed by atoms with Gasteiger partial charge in [-0.3, -0.25) is 13.9 Å². The van der Waals surface area contributed by atoms with Crippen LogP contribution in [0.3, 0.4) is 0 Å². The summed E-state index contributed by atoms with van der Waals surface area (Å²) in [5.74, 6) is -0.0158. The molecule has 0 aliphatic carbocycles. The Kier molecular flexibility index (Phi) is 7.93. The van der Waals surface area contributed by atoms with Crippen LogP contribution in [0, 0.1) is 0 Å². The van der Waals surface area contributed by atoms with Crippen LogP contribution in [-0.2, 0) is 26.2 Å². The predicted octanol–water partition coefficient (Wildman–Crippen LogP) is 2.78. The van der Waals surface area contributed by atoms with Crippen LogP contribution < -0.4 is 19.1 Å². The minimum atomic E-state index is -3.84. The van der Waals surface area contributed by atoms with Crippen molar-refractivity contribution in [3.63, 3.8) is 0 Å². The van der Waals surface area contributed by atoms with Crippen molar-refractivity contribution in [2.24, 2.45) is 0 Å². The molecule has 1 atom stereocenters. The van der Waals surface area contributed by atoms with Crippen molar-refractivity contribution >= 4 is 39.1 Å². The van der Waals surface area contributed by atoms with Gasteiger partial charge >= 0.3 is 0 Å². The number of nitrogens with zero attached hydrogens (tertiary/aromatic N) is 2. The number of rotatable bonds is 9. The molecule has 0 spiro atoms. The molecule has 0 bridgehead atoms. The van der Waals surface area contributed by atoms with Gasteiger partial charge in [-0.1, -0.05) is 23.7 Å². The van der Waals surface area contributed by atoms with Crippen LogP contribution >= 0.6 is 11.6 Å². The zero-order valence-electron chi connectivity index (χ0n) is 19.4. The van der Waals surface area contributed by atoms with Crippen molar-refractivity contribution in [2.75, 3.05) is 23.9 Å². The standard InChI is InChI=1S/C23H28ClN3O6S/c1-15(2)25-23(29)16(3)26(12-17-6-5-7-18(24)10-17)22(28)13-27(34(4,30)31)19-8-9-20-21(11-19)33-14-32-20/h5-11,15-16H,12-14H2,1-4H3,(H,25,29)/t16-/m0/s1. The minimum absolute atomic E-state index is 0.0342. The molecule has 34 heavy (non-hydrogen) atoms. The van der Waals surface area contributed by atoms with Gasteiger partial charge in [-0.25, -0.2) is 8.42 Å². The molecular formula is C23H28ClN3O6S. The van der Waals surface area contributed by atoms with Crippen LogP contribution in [0.2, 0.25) is 5.02 Å². The number of hydrogen-bond donors (Lipinski definition) is 1. The van der Waals surface area contributed by atoms with Gasteiger partial charge in [-0.15, -0.1) is 0 Å². The molecule has 0 radical (unpaired) electrons. The van der Waals surface area contributed by atoms with E-state index >= 15 is 0 Å². The fourth-order valence-electron chi connectivity index (χ4n) is 3.47. The first kappa shape index (κ1) is 25.6. The van der Waals surface area contributed by atoms with E-state index in [1.165, 1.54) is 17.0 Å². The third kappa shape index (κ3) is 6.32. The summed E-state index contributed by atoms with van der Waals surface area (Å²) in [5, 5.41) is 3.29. The second-order valence-corrected chi connectivity index (χ2v) is 10.6. The average molecular weight is 510 g/mol. The topological polar surface area (TPSA) is 105 Å². The second-order valence-electron chi connectivity index (χ2n) is 8.30. The summed E-state index contributed by atoms with van der Waals surface area (Å²) >= 11 is 6.10. The maximum absolute atomic E-state index is 13.5. The van der Waals surface area contributed by atoms with E-state index in [4.69, 9.17) is 21.1 Å². The summed E-state index contributed by atoms with van der Waals surface area (Å²) in [4.78, 5) is 27.6. The molecule has 0 saturated heterocycles. The summed E-state index contributed by atoms with van der Waals surface area (Å²) in [6, 6.07) is 10.6. The van der Waals surface area contributed by atoms with Crippen LogP contribution in [0.25, 0.3) is 0 Å². The SMILES string of the molecule is CC(C)NC(=O)[C@H](C)N(Cc1cccc(Cl)c1)C(=O)CN(c1ccc2c(c1)OCO2)S(C)(=O)=O. The lowest BCUT2D eigenvalue weighted by Crippen LogP contribution is -2.52. The zero-order chi connectivity index (χ0) is 25.0. The van der Waals surface area contributed by atoms with Gasteiger partial charge in [0, 0.05) is 23.7 Å². The van der Waals surface area contributed by atoms with Gasteiger partial charge < -0.3 is 19.7 Å². The van der Waals surface area contributed by atoms with Gasteiger partial charge in [0.1, 0.15) is 12.6 Å². The molecule has 0 unspecified atom stereocenters. The predicted molar refractivity (Wildman–Crippen MR) is 129 cm³/mol. The Morgan fingerprint density at radius 3 is 2.44 bits per heavy atom. The molecule has 3 rings (SSSR count). The smallest absolute Gasteiger partial charge is 0.244 e. The van der Waals surface area contributed by atoms with Crippen LogP contribution in [0.5, 0.6) is 11.5 Å². The van der Waals surface area contributed by atoms with Gasteiger partial charge in [0.05, 0.1) is 11.9 Å². The second kappa shape index (κ2) is 10.5. The summed E-state index contributed by atoms with van der Waals surface area (Å²) in [7, 11) is -3.84. The summed E-state index contributed by atoms with van der Waals surface area (Å²) < 4.78 is 36.9. The molecule has 9 nitrogen and oxygen atoms in total. The van der Waals surface area contributed by atoms with Crippen LogP contribution in [-0.4, -0.2) is 56.8 Å². The number of anilines is 1. The van der Waals surface area contributed by atoms with E-state index in [2.05, 4.69) is 5.32 Å². The van der Waals surface area contributed by atoms with Gasteiger partial charge in [0.2, 0.25) is 28.6 Å². The summed E-state index contributed by atoms with van der Waals surface area (Å²) in [6.45, 7) is 4.85. The Bertz CT molecular complexity index is 1170. The molecule has 1 aliphatic rings. The number of fused-ring (bicyclic) bond motifs is 1. The number of carbonyl (C=O) groups is 2. The molecule has 0 aromatic heterocycles. The van der Waals surface area contributed by atoms with Crippen LogP contribution in [0.4, 0.5) is 5.69 Å². The largest absolute Gasteiger partial charge is 0.454 e. The van der Waals surface area contributed by atoms with Gasteiger partial charge in [0.15, 0.2) is 11.5 Å². The highest BCUT2D eigenvalue weighted by atomic mass is 35.5. The van der Waals surface area contributed by atoms with E-state index in [1.54, 1.807) is 37.3 Å². The molecule has 2 amide bonds. The third-order valence-corrected chi connectivity index (χ3v) is 6.54. The first-order chi connectivity index (χ1) is 16.0. The van der Waals surface area contributed by atoms with Crippen molar-refractivity contribution in [1.29, 1.82) is 0 Å². The van der Waals surface area contributed by atoms with E-state index < -0.39 is 28.5 Å². The van der Waals surface area contributed by atoms with Crippen molar-refractivity contribution in [3.8, 4) is 11.5 Å². The van der Waals surface area contributed by atoms with Gasteiger partial charge in [-0.05, 0) is 50.6 Å². The number of nitrogens with one attached hydrogen (secondary N) is 1. The first-order valence-electron chi connectivity index (χ1n) is 10.7. The highest BCUT2D eigenvalue weighted by molar-refractivity contribution is 7.92. The Morgan fingerprint density at radius 2 is 1.79 bits per heavy atom. The van der Waals surface area contributed by atoms with E-state index in [1.807, 2.05) is 13.8 Å². The number of hydrogen-bond acceptors (Lipinski definition) is 6. The maximum atomic E-state index is 13.5. The van der Waals surface area contributed by atoms with Crippen LogP contribution in [0.1, 0.15) is 26.3 Å². The highest BCUT2D eigenvalue weighted by Gasteiger charge is 2.31. The Morgan fingerprint density at radius 1 is 1.09 bits per heavy atom. The number of sulfonamides is 1. The molecule has 2 aromatic rings. The quantitative estimate of drug-likeness (QED) is 0.557.